The lowest BCUT2D eigenvalue weighted by Gasteiger charge is -2.32. The van der Waals surface area contributed by atoms with Gasteiger partial charge in [0.2, 0.25) is 0 Å². The fraction of sp³-hybridized carbons (Fsp3) is 0.471. The van der Waals surface area contributed by atoms with Crippen LogP contribution in [-0.2, 0) is 12.7 Å². The van der Waals surface area contributed by atoms with Crippen molar-refractivity contribution in [1.82, 2.24) is 15.1 Å². The normalized spacial score (nSPS) is 17.6. The zero-order valence-corrected chi connectivity index (χ0v) is 13.0. The van der Waals surface area contributed by atoms with Crippen LogP contribution in [0.1, 0.15) is 41.1 Å². The molecule has 0 unspecified atom stereocenters. The van der Waals surface area contributed by atoms with E-state index in [9.17, 15) is 13.2 Å². The van der Waals surface area contributed by atoms with Crippen LogP contribution >= 0.6 is 0 Å². The SMILES string of the molecule is Cc1cn[nH]c1C1CCN(Cc2ccccc2C(F)(F)F)CC1. The fourth-order valence-electron chi connectivity index (χ4n) is 3.33. The van der Waals surface area contributed by atoms with Gasteiger partial charge in [-0.2, -0.15) is 18.3 Å². The molecule has 1 aliphatic heterocycles. The van der Waals surface area contributed by atoms with E-state index in [1.54, 1.807) is 12.1 Å². The van der Waals surface area contributed by atoms with E-state index < -0.39 is 11.7 Å². The van der Waals surface area contributed by atoms with E-state index in [1.165, 1.54) is 11.8 Å². The Morgan fingerprint density at radius 2 is 1.91 bits per heavy atom. The quantitative estimate of drug-likeness (QED) is 0.921. The summed E-state index contributed by atoms with van der Waals surface area (Å²) in [4.78, 5) is 2.10. The summed E-state index contributed by atoms with van der Waals surface area (Å²) in [6.07, 6.45) is -0.586. The van der Waals surface area contributed by atoms with Gasteiger partial charge >= 0.3 is 6.18 Å². The minimum absolute atomic E-state index is 0.352. The Kier molecular flexibility index (Phi) is 4.43. The number of rotatable bonds is 3. The van der Waals surface area contributed by atoms with Crippen molar-refractivity contribution >= 4 is 0 Å². The highest BCUT2D eigenvalue weighted by Gasteiger charge is 2.33. The van der Waals surface area contributed by atoms with Crippen molar-refractivity contribution in [1.29, 1.82) is 0 Å². The number of aryl methyl sites for hydroxylation is 1. The van der Waals surface area contributed by atoms with E-state index in [0.717, 1.165) is 37.6 Å². The molecular weight excluding hydrogens is 303 g/mol. The third-order valence-electron chi connectivity index (χ3n) is 4.58. The number of hydrogen-bond donors (Lipinski definition) is 1. The van der Waals surface area contributed by atoms with E-state index in [1.807, 2.05) is 13.1 Å². The zero-order chi connectivity index (χ0) is 16.4. The van der Waals surface area contributed by atoms with Gasteiger partial charge in [0.1, 0.15) is 0 Å². The zero-order valence-electron chi connectivity index (χ0n) is 13.0. The first kappa shape index (κ1) is 16.1. The van der Waals surface area contributed by atoms with E-state index in [2.05, 4.69) is 15.1 Å². The minimum Gasteiger partial charge on any atom is -0.299 e. The van der Waals surface area contributed by atoms with Crippen molar-refractivity contribution in [3.05, 3.63) is 52.8 Å². The fourth-order valence-corrected chi connectivity index (χ4v) is 3.33. The Morgan fingerprint density at radius 1 is 1.22 bits per heavy atom. The number of benzene rings is 1. The summed E-state index contributed by atoms with van der Waals surface area (Å²) >= 11 is 0. The van der Waals surface area contributed by atoms with Crippen molar-refractivity contribution < 1.29 is 13.2 Å². The van der Waals surface area contributed by atoms with Crippen LogP contribution in [0.5, 0.6) is 0 Å². The topological polar surface area (TPSA) is 31.9 Å². The minimum atomic E-state index is -4.29. The lowest BCUT2D eigenvalue weighted by atomic mass is 9.91. The van der Waals surface area contributed by atoms with Gasteiger partial charge in [-0.15, -0.1) is 0 Å². The van der Waals surface area contributed by atoms with E-state index in [4.69, 9.17) is 0 Å². The molecular formula is C17H20F3N3. The number of aromatic nitrogens is 2. The summed E-state index contributed by atoms with van der Waals surface area (Å²) in [5, 5.41) is 7.11. The molecule has 2 heterocycles. The van der Waals surface area contributed by atoms with Gasteiger partial charge in [0.25, 0.3) is 0 Å². The number of aromatic amines is 1. The Labute approximate surface area is 133 Å². The lowest BCUT2D eigenvalue weighted by molar-refractivity contribution is -0.138. The van der Waals surface area contributed by atoms with Gasteiger partial charge in [-0.3, -0.25) is 10.00 Å². The molecule has 3 rings (SSSR count). The Morgan fingerprint density at radius 3 is 2.52 bits per heavy atom. The van der Waals surface area contributed by atoms with Gasteiger partial charge in [0.15, 0.2) is 0 Å². The molecule has 0 amide bonds. The molecule has 1 fully saturated rings. The Hall–Kier alpha value is -1.82. The molecule has 1 aromatic carbocycles. The molecule has 1 N–H and O–H groups in total. The molecule has 0 atom stereocenters. The third-order valence-corrected chi connectivity index (χ3v) is 4.58. The summed E-state index contributed by atoms with van der Waals surface area (Å²) in [5.74, 6) is 0.423. The van der Waals surface area contributed by atoms with Crippen molar-refractivity contribution in [2.45, 2.75) is 38.4 Å². The largest absolute Gasteiger partial charge is 0.416 e. The molecule has 2 aromatic rings. The number of nitrogens with zero attached hydrogens (tertiary/aromatic N) is 2. The number of piperidine rings is 1. The molecule has 124 valence electrons. The van der Waals surface area contributed by atoms with Crippen LogP contribution in [0.2, 0.25) is 0 Å². The van der Waals surface area contributed by atoms with Crippen LogP contribution in [0.3, 0.4) is 0 Å². The van der Waals surface area contributed by atoms with Crippen molar-refractivity contribution in [3.8, 4) is 0 Å². The molecule has 0 aliphatic carbocycles. The second-order valence-corrected chi connectivity index (χ2v) is 6.17. The highest BCUT2D eigenvalue weighted by atomic mass is 19.4. The van der Waals surface area contributed by atoms with Crippen molar-refractivity contribution in [2.24, 2.45) is 0 Å². The summed E-state index contributed by atoms with van der Waals surface area (Å²) < 4.78 is 39.2. The van der Waals surface area contributed by atoms with Crippen LogP contribution < -0.4 is 0 Å². The maximum absolute atomic E-state index is 13.1. The maximum atomic E-state index is 13.1. The standard InChI is InChI=1S/C17H20F3N3/c1-12-10-21-22-16(12)13-6-8-23(9-7-13)11-14-4-2-3-5-15(14)17(18,19)20/h2-5,10,13H,6-9,11H2,1H3,(H,21,22). The first-order chi connectivity index (χ1) is 10.9. The van der Waals surface area contributed by atoms with Gasteiger partial charge in [0.05, 0.1) is 11.8 Å². The van der Waals surface area contributed by atoms with Crippen LogP contribution in [0.25, 0.3) is 0 Å². The molecule has 6 heteroatoms. The second-order valence-electron chi connectivity index (χ2n) is 6.17. The third kappa shape index (κ3) is 3.58. The summed E-state index contributed by atoms with van der Waals surface area (Å²) in [6.45, 7) is 3.99. The summed E-state index contributed by atoms with van der Waals surface area (Å²) in [7, 11) is 0. The van der Waals surface area contributed by atoms with Crippen molar-refractivity contribution in [3.63, 3.8) is 0 Å². The van der Waals surface area contributed by atoms with Crippen LogP contribution in [0.15, 0.2) is 30.5 Å². The van der Waals surface area contributed by atoms with E-state index in [0.29, 0.717) is 18.0 Å². The van der Waals surface area contributed by atoms with Crippen LogP contribution in [-0.4, -0.2) is 28.2 Å². The Balaban J connectivity index is 1.65. The van der Waals surface area contributed by atoms with E-state index >= 15 is 0 Å². The van der Waals surface area contributed by atoms with Crippen LogP contribution in [0, 0.1) is 6.92 Å². The molecule has 0 bridgehead atoms. The average Bonchev–Trinajstić information content (AvgIpc) is 2.94. The van der Waals surface area contributed by atoms with Gasteiger partial charge < -0.3 is 0 Å². The van der Waals surface area contributed by atoms with Gasteiger partial charge in [-0.1, -0.05) is 18.2 Å². The lowest BCUT2D eigenvalue weighted by Crippen LogP contribution is -2.33. The molecule has 1 aromatic heterocycles. The molecule has 0 radical (unpaired) electrons. The first-order valence-corrected chi connectivity index (χ1v) is 7.82. The first-order valence-electron chi connectivity index (χ1n) is 7.82. The highest BCUT2D eigenvalue weighted by Crippen LogP contribution is 2.34. The second kappa shape index (κ2) is 6.35. The van der Waals surface area contributed by atoms with Crippen LogP contribution in [0.4, 0.5) is 13.2 Å². The smallest absolute Gasteiger partial charge is 0.299 e. The number of hydrogen-bond acceptors (Lipinski definition) is 2. The molecule has 23 heavy (non-hydrogen) atoms. The van der Waals surface area contributed by atoms with Gasteiger partial charge in [-0.05, 0) is 50.0 Å². The number of nitrogens with one attached hydrogen (secondary N) is 1. The molecule has 1 aliphatic rings. The number of H-pyrrole nitrogens is 1. The predicted molar refractivity (Wildman–Crippen MR) is 82.0 cm³/mol. The van der Waals surface area contributed by atoms with E-state index in [-0.39, 0.29) is 0 Å². The molecule has 0 saturated carbocycles. The summed E-state index contributed by atoms with van der Waals surface area (Å²) in [6, 6.07) is 5.86. The molecule has 3 nitrogen and oxygen atoms in total. The summed E-state index contributed by atoms with van der Waals surface area (Å²) in [5.41, 5.74) is 2.16. The average molecular weight is 323 g/mol. The predicted octanol–water partition coefficient (Wildman–Crippen LogP) is 4.12. The van der Waals surface area contributed by atoms with Gasteiger partial charge in [-0.25, -0.2) is 0 Å². The Bertz CT molecular complexity index is 655. The monoisotopic (exact) mass is 323 g/mol. The van der Waals surface area contributed by atoms with Crippen molar-refractivity contribution in [2.75, 3.05) is 13.1 Å². The maximum Gasteiger partial charge on any atom is 0.416 e. The number of halogens is 3. The molecule has 0 spiro atoms. The highest BCUT2D eigenvalue weighted by molar-refractivity contribution is 5.29. The number of alkyl halides is 3. The number of likely N-dealkylation sites (tertiary alicyclic amines) is 1. The van der Waals surface area contributed by atoms with Gasteiger partial charge in [0, 0.05) is 18.2 Å². The molecule has 1 saturated heterocycles.